The van der Waals surface area contributed by atoms with Gasteiger partial charge in [0.15, 0.2) is 0 Å². The standard InChI is InChI=1S/C10H13FN2O3/c1-10(12,4-5-14)8-6-7(13(15)16)2-3-9(8)11/h2-3,6,14H,4-5,12H2,1H3/t10-/m0/s1. The summed E-state index contributed by atoms with van der Waals surface area (Å²) >= 11 is 0. The normalized spacial score (nSPS) is 14.5. The lowest BCUT2D eigenvalue weighted by Crippen LogP contribution is -2.35. The van der Waals surface area contributed by atoms with Crippen molar-refractivity contribution in [3.05, 3.63) is 39.7 Å². The third-order valence-corrected chi connectivity index (χ3v) is 2.41. The van der Waals surface area contributed by atoms with Crippen LogP contribution in [0.1, 0.15) is 18.9 Å². The van der Waals surface area contributed by atoms with Crippen molar-refractivity contribution in [2.75, 3.05) is 6.61 Å². The lowest BCUT2D eigenvalue weighted by Gasteiger charge is -2.24. The smallest absolute Gasteiger partial charge is 0.269 e. The summed E-state index contributed by atoms with van der Waals surface area (Å²) in [7, 11) is 0. The Morgan fingerprint density at radius 2 is 2.25 bits per heavy atom. The van der Waals surface area contributed by atoms with Crippen LogP contribution in [0.15, 0.2) is 18.2 Å². The fraction of sp³-hybridized carbons (Fsp3) is 0.400. The van der Waals surface area contributed by atoms with Gasteiger partial charge in [-0.25, -0.2) is 4.39 Å². The van der Waals surface area contributed by atoms with Gasteiger partial charge < -0.3 is 10.8 Å². The molecule has 0 aliphatic heterocycles. The van der Waals surface area contributed by atoms with Gasteiger partial charge in [-0.1, -0.05) is 0 Å². The molecule has 88 valence electrons. The van der Waals surface area contributed by atoms with Crippen molar-refractivity contribution in [3.63, 3.8) is 0 Å². The van der Waals surface area contributed by atoms with Crippen LogP contribution in [0.3, 0.4) is 0 Å². The minimum absolute atomic E-state index is 0.0377. The molecule has 0 saturated heterocycles. The van der Waals surface area contributed by atoms with Crippen LogP contribution in [0.4, 0.5) is 10.1 Å². The second kappa shape index (κ2) is 4.54. The molecule has 0 amide bonds. The van der Waals surface area contributed by atoms with Crippen LogP contribution >= 0.6 is 0 Å². The number of aliphatic hydroxyl groups excluding tert-OH is 1. The van der Waals surface area contributed by atoms with E-state index < -0.39 is 16.3 Å². The molecule has 0 aliphatic carbocycles. The first-order chi connectivity index (χ1) is 7.38. The molecule has 6 heteroatoms. The summed E-state index contributed by atoms with van der Waals surface area (Å²) in [6, 6.07) is 3.19. The average Bonchev–Trinajstić information content (AvgIpc) is 2.17. The molecule has 1 rings (SSSR count). The van der Waals surface area contributed by atoms with Crippen molar-refractivity contribution in [2.24, 2.45) is 5.73 Å². The molecule has 0 radical (unpaired) electrons. The van der Waals surface area contributed by atoms with E-state index in [9.17, 15) is 14.5 Å². The lowest BCUT2D eigenvalue weighted by atomic mass is 9.89. The first-order valence-electron chi connectivity index (χ1n) is 4.72. The largest absolute Gasteiger partial charge is 0.396 e. The number of nitrogens with two attached hydrogens (primary N) is 1. The number of hydrogen-bond acceptors (Lipinski definition) is 4. The highest BCUT2D eigenvalue weighted by Gasteiger charge is 2.26. The number of benzene rings is 1. The van der Waals surface area contributed by atoms with Gasteiger partial charge in [-0.05, 0) is 19.4 Å². The highest BCUT2D eigenvalue weighted by Crippen LogP contribution is 2.27. The molecule has 1 atom stereocenters. The predicted molar refractivity (Wildman–Crippen MR) is 56.3 cm³/mol. The Morgan fingerprint density at radius 1 is 1.62 bits per heavy atom. The minimum Gasteiger partial charge on any atom is -0.396 e. The number of hydrogen-bond donors (Lipinski definition) is 2. The van der Waals surface area contributed by atoms with E-state index in [0.717, 1.165) is 18.2 Å². The minimum atomic E-state index is -1.12. The molecule has 0 aliphatic rings. The van der Waals surface area contributed by atoms with Gasteiger partial charge in [-0.15, -0.1) is 0 Å². The van der Waals surface area contributed by atoms with E-state index in [4.69, 9.17) is 10.8 Å². The van der Waals surface area contributed by atoms with Crippen LogP contribution in [-0.2, 0) is 5.54 Å². The number of non-ortho nitro benzene ring substituents is 1. The number of rotatable bonds is 4. The van der Waals surface area contributed by atoms with Gasteiger partial charge in [-0.2, -0.15) is 0 Å². The Hall–Kier alpha value is -1.53. The van der Waals surface area contributed by atoms with Gasteiger partial charge in [0.1, 0.15) is 5.82 Å². The zero-order chi connectivity index (χ0) is 12.3. The van der Waals surface area contributed by atoms with Crippen molar-refractivity contribution in [1.29, 1.82) is 0 Å². The van der Waals surface area contributed by atoms with E-state index in [2.05, 4.69) is 0 Å². The summed E-state index contributed by atoms with van der Waals surface area (Å²) in [6.07, 6.45) is 0.130. The van der Waals surface area contributed by atoms with E-state index in [1.807, 2.05) is 0 Å². The topological polar surface area (TPSA) is 89.4 Å². The summed E-state index contributed by atoms with van der Waals surface area (Å²) in [5.41, 5.74) is 4.50. The van der Waals surface area contributed by atoms with Crippen molar-refractivity contribution < 1.29 is 14.4 Å². The molecule has 16 heavy (non-hydrogen) atoms. The van der Waals surface area contributed by atoms with Gasteiger partial charge in [0, 0.05) is 29.8 Å². The lowest BCUT2D eigenvalue weighted by molar-refractivity contribution is -0.385. The second-order valence-corrected chi connectivity index (χ2v) is 3.81. The summed E-state index contributed by atoms with van der Waals surface area (Å²) in [5, 5.41) is 19.3. The molecule has 0 saturated carbocycles. The van der Waals surface area contributed by atoms with Crippen molar-refractivity contribution >= 4 is 5.69 Å². The van der Waals surface area contributed by atoms with Crippen molar-refractivity contribution in [1.82, 2.24) is 0 Å². The number of halogens is 1. The van der Waals surface area contributed by atoms with E-state index in [1.165, 1.54) is 6.92 Å². The van der Waals surface area contributed by atoms with Crippen LogP contribution in [0.25, 0.3) is 0 Å². The zero-order valence-corrected chi connectivity index (χ0v) is 8.81. The van der Waals surface area contributed by atoms with E-state index >= 15 is 0 Å². The Labute approximate surface area is 91.8 Å². The average molecular weight is 228 g/mol. The first kappa shape index (κ1) is 12.5. The summed E-state index contributed by atoms with van der Waals surface area (Å²) in [6.45, 7) is 1.31. The summed E-state index contributed by atoms with van der Waals surface area (Å²) in [4.78, 5) is 9.93. The highest BCUT2D eigenvalue weighted by molar-refractivity contribution is 5.38. The fourth-order valence-electron chi connectivity index (χ4n) is 1.43. The summed E-state index contributed by atoms with van der Waals surface area (Å²) in [5.74, 6) is -0.607. The molecule has 0 unspecified atom stereocenters. The predicted octanol–water partition coefficient (Wildman–Crippen LogP) is 1.29. The Balaban J connectivity index is 3.21. The molecular weight excluding hydrogens is 215 g/mol. The SMILES string of the molecule is C[C@](N)(CCO)c1cc([N+](=O)[O-])ccc1F. The number of nitro benzene ring substituents is 1. The van der Waals surface area contributed by atoms with Crippen LogP contribution in [0.2, 0.25) is 0 Å². The zero-order valence-electron chi connectivity index (χ0n) is 8.81. The van der Waals surface area contributed by atoms with E-state index in [-0.39, 0.29) is 24.3 Å². The van der Waals surface area contributed by atoms with Gasteiger partial charge in [-0.3, -0.25) is 10.1 Å². The van der Waals surface area contributed by atoms with Gasteiger partial charge in [0.25, 0.3) is 5.69 Å². The maximum absolute atomic E-state index is 13.5. The molecule has 1 aromatic carbocycles. The van der Waals surface area contributed by atoms with Crippen LogP contribution in [0, 0.1) is 15.9 Å². The van der Waals surface area contributed by atoms with Crippen molar-refractivity contribution in [2.45, 2.75) is 18.9 Å². The number of nitro groups is 1. The third-order valence-electron chi connectivity index (χ3n) is 2.41. The van der Waals surface area contributed by atoms with Gasteiger partial charge in [0.2, 0.25) is 0 Å². The van der Waals surface area contributed by atoms with E-state index in [0.29, 0.717) is 0 Å². The second-order valence-electron chi connectivity index (χ2n) is 3.81. The van der Waals surface area contributed by atoms with Gasteiger partial charge in [0.05, 0.1) is 4.92 Å². The monoisotopic (exact) mass is 228 g/mol. The molecule has 1 aromatic rings. The molecule has 0 heterocycles. The Bertz CT molecular complexity index is 407. The molecule has 0 fully saturated rings. The molecule has 0 spiro atoms. The Morgan fingerprint density at radius 3 is 2.75 bits per heavy atom. The number of nitrogens with zero attached hydrogens (tertiary/aromatic N) is 1. The van der Waals surface area contributed by atoms with Crippen LogP contribution in [0.5, 0.6) is 0 Å². The molecule has 5 nitrogen and oxygen atoms in total. The maximum Gasteiger partial charge on any atom is 0.269 e. The first-order valence-corrected chi connectivity index (χ1v) is 4.72. The van der Waals surface area contributed by atoms with Crippen LogP contribution < -0.4 is 5.73 Å². The molecule has 3 N–H and O–H groups in total. The molecule has 0 bridgehead atoms. The fourth-order valence-corrected chi connectivity index (χ4v) is 1.43. The van der Waals surface area contributed by atoms with Gasteiger partial charge >= 0.3 is 0 Å². The van der Waals surface area contributed by atoms with Crippen molar-refractivity contribution in [3.8, 4) is 0 Å². The Kier molecular flexibility index (Phi) is 3.56. The van der Waals surface area contributed by atoms with Crippen LogP contribution in [-0.4, -0.2) is 16.6 Å². The number of aliphatic hydroxyl groups is 1. The molecular formula is C10H13FN2O3. The maximum atomic E-state index is 13.5. The van der Waals surface area contributed by atoms with E-state index in [1.54, 1.807) is 0 Å². The summed E-state index contributed by atoms with van der Waals surface area (Å²) < 4.78 is 13.5. The quantitative estimate of drug-likeness (QED) is 0.600. The highest BCUT2D eigenvalue weighted by atomic mass is 19.1. The molecule has 0 aromatic heterocycles. The third kappa shape index (κ3) is 2.53.